The Morgan fingerprint density at radius 2 is 2.11 bits per heavy atom. The third-order valence-corrected chi connectivity index (χ3v) is 2.84. The average Bonchev–Trinajstić information content (AvgIpc) is 1.84. The normalized spacial score (nSPS) is 15.3. The number of alkyl halides is 2. The smallest absolute Gasteiger partial charge is 0.198 e. The lowest BCUT2D eigenvalue weighted by Crippen LogP contribution is -2.05. The van der Waals surface area contributed by atoms with Crippen LogP contribution in [0.5, 0.6) is 0 Å². The van der Waals surface area contributed by atoms with Crippen molar-refractivity contribution in [2.24, 2.45) is 0 Å². The van der Waals surface area contributed by atoms with Crippen molar-refractivity contribution in [2.45, 2.75) is 4.29 Å². The molecule has 0 saturated heterocycles. The second kappa shape index (κ2) is 4.88. The van der Waals surface area contributed by atoms with Gasteiger partial charge in [-0.05, 0) is 20.9 Å². The summed E-state index contributed by atoms with van der Waals surface area (Å²) >= 11 is 14.3. The number of hydrogen-bond acceptors (Lipinski definition) is 1. The molecule has 0 aromatic heterocycles. The summed E-state index contributed by atoms with van der Waals surface area (Å²) < 4.78 is -0.236. The van der Waals surface area contributed by atoms with Gasteiger partial charge in [0.1, 0.15) is 0 Å². The van der Waals surface area contributed by atoms with E-state index in [2.05, 4.69) is 47.8 Å². The first-order valence-electron chi connectivity index (χ1n) is 1.88. The molecule has 0 spiro atoms. The highest BCUT2D eigenvalue weighted by molar-refractivity contribution is 9.14. The zero-order chi connectivity index (χ0) is 7.44. The molecule has 0 saturated carbocycles. The van der Waals surface area contributed by atoms with Crippen LogP contribution in [0.15, 0.2) is 9.47 Å². The van der Waals surface area contributed by atoms with Gasteiger partial charge in [0.15, 0.2) is 10.1 Å². The van der Waals surface area contributed by atoms with Crippen LogP contribution in [-0.4, -0.2) is 10.1 Å². The largest absolute Gasteiger partial charge is 0.291 e. The van der Waals surface area contributed by atoms with Gasteiger partial charge in [-0.2, -0.15) is 0 Å². The van der Waals surface area contributed by atoms with Crippen LogP contribution in [0.25, 0.3) is 0 Å². The van der Waals surface area contributed by atoms with Crippen molar-refractivity contribution in [3.05, 3.63) is 9.47 Å². The zero-order valence-corrected chi connectivity index (χ0v) is 9.59. The van der Waals surface area contributed by atoms with E-state index in [0.29, 0.717) is 4.48 Å². The minimum Gasteiger partial charge on any atom is -0.291 e. The quantitative estimate of drug-likeness (QED) is 0.557. The maximum atomic E-state index is 10.7. The third-order valence-electron chi connectivity index (χ3n) is 0.529. The van der Waals surface area contributed by atoms with Gasteiger partial charge in [0.25, 0.3) is 0 Å². The van der Waals surface area contributed by atoms with Crippen LogP contribution < -0.4 is 0 Å². The molecule has 5 heteroatoms. The highest BCUT2D eigenvalue weighted by Gasteiger charge is 2.13. The maximum Gasteiger partial charge on any atom is 0.198 e. The molecule has 0 aromatic carbocycles. The van der Waals surface area contributed by atoms with Crippen LogP contribution in [0.4, 0.5) is 0 Å². The predicted octanol–water partition coefficient (Wildman–Crippen LogP) is 3.15. The molecule has 0 radical (unpaired) electrons. The summed E-state index contributed by atoms with van der Waals surface area (Å²) in [5, 5.41) is 0. The molecule has 0 aliphatic carbocycles. The molecule has 0 aliphatic heterocycles. The highest BCUT2D eigenvalue weighted by atomic mass is 79.9. The van der Waals surface area contributed by atoms with E-state index >= 15 is 0 Å². The van der Waals surface area contributed by atoms with Gasteiger partial charge in [-0.3, -0.25) is 4.79 Å². The molecule has 9 heavy (non-hydrogen) atoms. The first-order valence-corrected chi connectivity index (χ1v) is 4.94. The summed E-state index contributed by atoms with van der Waals surface area (Å²) in [6.07, 6.45) is 0. The van der Waals surface area contributed by atoms with E-state index in [1.165, 1.54) is 4.99 Å². The molecule has 0 unspecified atom stereocenters. The lowest BCUT2D eigenvalue weighted by atomic mass is 10.4. The van der Waals surface area contributed by atoms with Crippen molar-refractivity contribution in [1.29, 1.82) is 0 Å². The van der Waals surface area contributed by atoms with E-state index in [4.69, 9.17) is 11.6 Å². The Morgan fingerprint density at radius 1 is 1.67 bits per heavy atom. The number of halogens is 4. The van der Waals surface area contributed by atoms with Gasteiger partial charge in [-0.15, -0.1) is 11.6 Å². The minimum absolute atomic E-state index is 0.200. The zero-order valence-electron chi connectivity index (χ0n) is 4.07. The second-order valence-corrected chi connectivity index (χ2v) is 4.31. The molecule has 52 valence electrons. The molecule has 0 N–H and O–H groups in total. The van der Waals surface area contributed by atoms with Crippen LogP contribution in [0.1, 0.15) is 0 Å². The summed E-state index contributed by atoms with van der Waals surface area (Å²) in [4.78, 5) is 12.2. The van der Waals surface area contributed by atoms with Gasteiger partial charge < -0.3 is 0 Å². The number of Topliss-reactive ketones (excluding diaryl/α,β-unsaturated/α-hetero) is 1. The van der Waals surface area contributed by atoms with Crippen molar-refractivity contribution in [1.82, 2.24) is 0 Å². The summed E-state index contributed by atoms with van der Waals surface area (Å²) in [5.74, 6) is -0.200. The summed E-state index contributed by atoms with van der Waals surface area (Å²) in [7, 11) is 0. The molecule has 0 aromatic rings. The van der Waals surface area contributed by atoms with Gasteiger partial charge in [0.05, 0.1) is 4.48 Å². The summed E-state index contributed by atoms with van der Waals surface area (Å²) in [6.45, 7) is 0. The van der Waals surface area contributed by atoms with Crippen LogP contribution in [0, 0.1) is 0 Å². The van der Waals surface area contributed by atoms with Crippen molar-refractivity contribution < 1.29 is 4.79 Å². The Kier molecular flexibility index (Phi) is 5.50. The fourth-order valence-corrected chi connectivity index (χ4v) is 1.42. The van der Waals surface area contributed by atoms with E-state index in [1.54, 1.807) is 0 Å². The fraction of sp³-hybridized carbons (Fsp3) is 0.250. The maximum absolute atomic E-state index is 10.7. The van der Waals surface area contributed by atoms with Gasteiger partial charge in [-0.25, -0.2) is 0 Å². The Morgan fingerprint density at radius 3 is 2.22 bits per heavy atom. The lowest BCUT2D eigenvalue weighted by molar-refractivity contribution is -0.113. The Balaban J connectivity index is 4.06. The van der Waals surface area contributed by atoms with Gasteiger partial charge in [0.2, 0.25) is 0 Å². The summed E-state index contributed by atoms with van der Waals surface area (Å²) in [5.41, 5.74) is 0. The molecule has 0 aliphatic rings. The molecular weight excluding hydrogens is 339 g/mol. The lowest BCUT2D eigenvalue weighted by Gasteiger charge is -1.95. The topological polar surface area (TPSA) is 17.1 Å². The number of hydrogen-bond donors (Lipinski definition) is 0. The monoisotopic (exact) mass is 338 g/mol. The number of carbonyl (C=O) groups excluding carboxylic acids is 1. The van der Waals surface area contributed by atoms with E-state index < -0.39 is 4.29 Å². The van der Waals surface area contributed by atoms with Crippen molar-refractivity contribution in [2.75, 3.05) is 0 Å². The first-order chi connectivity index (χ1) is 4.09. The average molecular weight is 341 g/mol. The van der Waals surface area contributed by atoms with Crippen molar-refractivity contribution in [3.8, 4) is 0 Å². The molecular formula is C4H2Br3ClO. The van der Waals surface area contributed by atoms with Gasteiger partial charge in [-0.1, -0.05) is 31.9 Å². The van der Waals surface area contributed by atoms with Crippen LogP contribution in [0.2, 0.25) is 0 Å². The SMILES string of the molecule is O=C(/C(Br)=C\Br)[C@@H](Cl)Br. The Hall–Kier alpha value is 1.14. The molecule has 1 atom stereocenters. The van der Waals surface area contributed by atoms with Crippen LogP contribution in [0.3, 0.4) is 0 Å². The Labute approximate surface area is 83.2 Å². The predicted molar refractivity (Wildman–Crippen MR) is 49.5 cm³/mol. The molecule has 0 bridgehead atoms. The van der Waals surface area contributed by atoms with Crippen molar-refractivity contribution >= 4 is 65.2 Å². The summed E-state index contributed by atoms with van der Waals surface area (Å²) in [6, 6.07) is 0. The number of carbonyl (C=O) groups is 1. The van der Waals surface area contributed by atoms with Crippen LogP contribution in [-0.2, 0) is 4.79 Å². The van der Waals surface area contributed by atoms with Crippen molar-refractivity contribution in [3.63, 3.8) is 0 Å². The fourth-order valence-electron chi connectivity index (χ4n) is 0.158. The van der Waals surface area contributed by atoms with E-state index in [1.807, 2.05) is 0 Å². The van der Waals surface area contributed by atoms with Gasteiger partial charge >= 0.3 is 0 Å². The minimum atomic E-state index is -0.652. The molecule has 0 fully saturated rings. The second-order valence-electron chi connectivity index (χ2n) is 1.12. The van der Waals surface area contributed by atoms with E-state index in [0.717, 1.165) is 0 Å². The van der Waals surface area contributed by atoms with E-state index in [-0.39, 0.29) is 5.78 Å². The standard InChI is InChI=1S/C4H2Br3ClO/c5-1-2(6)3(9)4(7)8/h1,4H/b2-1+/t4-/m1/s1. The molecule has 0 heterocycles. The first kappa shape index (κ1) is 10.1. The molecule has 0 amide bonds. The molecule has 0 rings (SSSR count). The number of ketones is 1. The number of allylic oxidation sites excluding steroid dienone is 1. The Bertz CT molecular complexity index is 143. The third kappa shape index (κ3) is 3.75. The van der Waals surface area contributed by atoms with Crippen LogP contribution >= 0.6 is 59.4 Å². The highest BCUT2D eigenvalue weighted by Crippen LogP contribution is 2.17. The van der Waals surface area contributed by atoms with E-state index in [9.17, 15) is 4.79 Å². The molecule has 1 nitrogen and oxygen atoms in total. The number of rotatable bonds is 2. The van der Waals surface area contributed by atoms with Gasteiger partial charge in [0, 0.05) is 0 Å².